The molecule has 1 spiro atoms. The fourth-order valence-electron chi connectivity index (χ4n) is 4.58. The van der Waals surface area contributed by atoms with Gasteiger partial charge in [-0.25, -0.2) is 9.78 Å². The Hall–Kier alpha value is -2.92. The van der Waals surface area contributed by atoms with Crippen molar-refractivity contribution in [3.8, 4) is 0 Å². The molecule has 1 saturated carbocycles. The number of aromatic nitrogens is 2. The highest BCUT2D eigenvalue weighted by Gasteiger charge is 2.47. The number of ether oxygens (including phenoxy) is 1. The number of fused-ring (bicyclic) bond motifs is 2. The summed E-state index contributed by atoms with van der Waals surface area (Å²) in [6, 6.07) is 8.77. The SMILES string of the molecule is Cc1ccc(CN2CCC3(CC2)OC(C(=O)NCC2CC2)Cn2ccnc23)cc1.O=C(O)C(F)(F)F. The average molecular weight is 509 g/mol. The molecule has 0 radical (unpaired) electrons. The number of alkyl halides is 3. The number of amides is 1. The van der Waals surface area contributed by atoms with Crippen LogP contribution in [-0.4, -0.2) is 63.3 Å². The van der Waals surface area contributed by atoms with E-state index in [1.54, 1.807) is 0 Å². The molecule has 1 atom stereocenters. The van der Waals surface area contributed by atoms with Crippen molar-refractivity contribution >= 4 is 11.9 Å². The third-order valence-corrected chi connectivity index (χ3v) is 6.84. The van der Waals surface area contributed by atoms with Crippen LogP contribution in [0.25, 0.3) is 0 Å². The summed E-state index contributed by atoms with van der Waals surface area (Å²) in [5, 5.41) is 10.2. The molecular weight excluding hydrogens is 477 g/mol. The smallest absolute Gasteiger partial charge is 0.475 e. The van der Waals surface area contributed by atoms with Gasteiger partial charge in [0.15, 0.2) is 6.10 Å². The molecule has 1 amide bonds. The summed E-state index contributed by atoms with van der Waals surface area (Å²) in [6.45, 7) is 6.30. The normalized spacial score (nSPS) is 21.3. The van der Waals surface area contributed by atoms with Crippen LogP contribution < -0.4 is 5.32 Å². The summed E-state index contributed by atoms with van der Waals surface area (Å²) in [6.07, 6.45) is 2.50. The van der Waals surface area contributed by atoms with Crippen LogP contribution in [-0.2, 0) is 33.0 Å². The van der Waals surface area contributed by atoms with Gasteiger partial charge in [-0.1, -0.05) is 29.8 Å². The molecule has 5 rings (SSSR count). The van der Waals surface area contributed by atoms with Crippen molar-refractivity contribution in [2.75, 3.05) is 19.6 Å². The maximum Gasteiger partial charge on any atom is 0.490 e. The van der Waals surface area contributed by atoms with E-state index in [4.69, 9.17) is 14.6 Å². The van der Waals surface area contributed by atoms with Gasteiger partial charge in [0, 0.05) is 38.6 Å². The van der Waals surface area contributed by atoms with E-state index in [9.17, 15) is 18.0 Å². The Morgan fingerprint density at radius 1 is 1.19 bits per heavy atom. The van der Waals surface area contributed by atoms with E-state index in [2.05, 4.69) is 51.0 Å². The second kappa shape index (κ2) is 10.6. The lowest BCUT2D eigenvalue weighted by Gasteiger charge is -2.45. The van der Waals surface area contributed by atoms with Gasteiger partial charge in [-0.15, -0.1) is 0 Å². The number of carboxylic acid groups (broad SMARTS) is 1. The number of nitrogens with zero attached hydrogens (tertiary/aromatic N) is 3. The van der Waals surface area contributed by atoms with E-state index < -0.39 is 23.9 Å². The van der Waals surface area contributed by atoms with Crippen molar-refractivity contribution in [3.63, 3.8) is 0 Å². The molecule has 3 aliphatic rings. The van der Waals surface area contributed by atoms with E-state index in [0.717, 1.165) is 44.8 Å². The maximum atomic E-state index is 12.7. The first kappa shape index (κ1) is 26.2. The van der Waals surface area contributed by atoms with Crippen LogP contribution in [0.4, 0.5) is 13.2 Å². The van der Waals surface area contributed by atoms with Crippen LogP contribution in [0.5, 0.6) is 0 Å². The average Bonchev–Trinajstić information content (AvgIpc) is 3.54. The monoisotopic (exact) mass is 508 g/mol. The Morgan fingerprint density at radius 3 is 2.42 bits per heavy atom. The number of carbonyl (C=O) groups excluding carboxylic acids is 1. The third-order valence-electron chi connectivity index (χ3n) is 6.84. The van der Waals surface area contributed by atoms with Crippen molar-refractivity contribution in [2.45, 2.75) is 63.6 Å². The maximum absolute atomic E-state index is 12.7. The zero-order valence-electron chi connectivity index (χ0n) is 20.1. The number of likely N-dealkylation sites (tertiary alicyclic amines) is 1. The standard InChI is InChI=1S/C23H30N4O2.C2HF3O2/c1-17-2-4-19(5-3-17)15-26-11-8-23(9-12-26)22-24-10-13-27(22)16-20(29-23)21(28)25-14-18-6-7-18;3-2(4,5)1(6)7/h2-5,10,13,18,20H,6-9,11-12,14-16H2,1H3,(H,25,28);(H,6,7). The van der Waals surface area contributed by atoms with Crippen molar-refractivity contribution in [2.24, 2.45) is 5.92 Å². The minimum atomic E-state index is -5.08. The quantitative estimate of drug-likeness (QED) is 0.644. The van der Waals surface area contributed by atoms with Gasteiger partial charge in [0.05, 0.1) is 6.54 Å². The number of rotatable bonds is 5. The second-order valence-electron chi connectivity index (χ2n) is 9.76. The fourth-order valence-corrected chi connectivity index (χ4v) is 4.58. The fraction of sp³-hybridized carbons (Fsp3) is 0.560. The van der Waals surface area contributed by atoms with E-state index in [0.29, 0.717) is 12.5 Å². The number of aryl methyl sites for hydroxylation is 1. The highest BCUT2D eigenvalue weighted by atomic mass is 19.4. The van der Waals surface area contributed by atoms with Gasteiger partial charge in [-0.05, 0) is 44.1 Å². The lowest BCUT2D eigenvalue weighted by molar-refractivity contribution is -0.192. The third kappa shape index (κ3) is 6.44. The Bertz CT molecular complexity index is 1060. The predicted octanol–water partition coefficient (Wildman–Crippen LogP) is 3.24. The van der Waals surface area contributed by atoms with E-state index >= 15 is 0 Å². The summed E-state index contributed by atoms with van der Waals surface area (Å²) in [5.41, 5.74) is 2.18. The summed E-state index contributed by atoms with van der Waals surface area (Å²) in [5.74, 6) is -1.07. The molecule has 1 aliphatic carbocycles. The number of aliphatic carboxylic acids is 1. The molecule has 1 aromatic heterocycles. The lowest BCUT2D eigenvalue weighted by atomic mass is 9.88. The highest BCUT2D eigenvalue weighted by Crippen LogP contribution is 2.40. The number of benzene rings is 1. The van der Waals surface area contributed by atoms with Crippen LogP contribution in [0.3, 0.4) is 0 Å². The number of imidazole rings is 1. The Balaban J connectivity index is 0.000000384. The number of hydrogen-bond acceptors (Lipinski definition) is 5. The summed E-state index contributed by atoms with van der Waals surface area (Å²) >= 11 is 0. The summed E-state index contributed by atoms with van der Waals surface area (Å²) in [7, 11) is 0. The minimum Gasteiger partial charge on any atom is -0.475 e. The molecule has 8 nitrogen and oxygen atoms in total. The zero-order valence-corrected chi connectivity index (χ0v) is 20.1. The highest BCUT2D eigenvalue weighted by molar-refractivity contribution is 5.81. The van der Waals surface area contributed by atoms with Gasteiger partial charge in [0.1, 0.15) is 11.4 Å². The predicted molar refractivity (Wildman–Crippen MR) is 124 cm³/mol. The number of carbonyl (C=O) groups is 2. The number of piperidine rings is 1. The Kier molecular flexibility index (Phi) is 7.70. The summed E-state index contributed by atoms with van der Waals surface area (Å²) in [4.78, 5) is 28.7. The Labute approximate surface area is 207 Å². The van der Waals surface area contributed by atoms with Crippen LogP contribution in [0.15, 0.2) is 36.7 Å². The van der Waals surface area contributed by atoms with Gasteiger partial charge in [-0.3, -0.25) is 9.69 Å². The summed E-state index contributed by atoms with van der Waals surface area (Å²) < 4.78 is 40.4. The minimum absolute atomic E-state index is 0.0257. The van der Waals surface area contributed by atoms with Crippen LogP contribution in [0.1, 0.15) is 42.6 Å². The number of nitrogens with one attached hydrogen (secondary N) is 1. The topological polar surface area (TPSA) is 96.7 Å². The number of hydrogen-bond donors (Lipinski definition) is 2. The number of carboxylic acids is 1. The van der Waals surface area contributed by atoms with Crippen LogP contribution >= 0.6 is 0 Å². The van der Waals surface area contributed by atoms with Crippen molar-refractivity contribution in [3.05, 3.63) is 53.6 Å². The second-order valence-corrected chi connectivity index (χ2v) is 9.76. The molecule has 2 fully saturated rings. The van der Waals surface area contributed by atoms with Gasteiger partial charge >= 0.3 is 12.1 Å². The zero-order chi connectivity index (χ0) is 25.9. The largest absolute Gasteiger partial charge is 0.490 e. The molecule has 1 unspecified atom stereocenters. The molecule has 2 aromatic rings. The van der Waals surface area contributed by atoms with E-state index in [1.807, 2.05) is 12.4 Å². The molecule has 196 valence electrons. The van der Waals surface area contributed by atoms with Crippen molar-refractivity contribution in [1.29, 1.82) is 0 Å². The van der Waals surface area contributed by atoms with Crippen molar-refractivity contribution in [1.82, 2.24) is 19.8 Å². The molecule has 36 heavy (non-hydrogen) atoms. The van der Waals surface area contributed by atoms with Crippen LogP contribution in [0.2, 0.25) is 0 Å². The first-order valence-electron chi connectivity index (χ1n) is 12.1. The molecule has 1 saturated heterocycles. The van der Waals surface area contributed by atoms with Gasteiger partial charge < -0.3 is 19.7 Å². The number of halogens is 3. The molecule has 0 bridgehead atoms. The molecular formula is C25H31F3N4O4. The molecule has 2 aliphatic heterocycles. The van der Waals surface area contributed by atoms with E-state index in [-0.39, 0.29) is 5.91 Å². The lowest BCUT2D eigenvalue weighted by Crippen LogP contribution is -2.54. The first-order valence-corrected chi connectivity index (χ1v) is 12.1. The van der Waals surface area contributed by atoms with Gasteiger partial charge in [-0.2, -0.15) is 13.2 Å². The van der Waals surface area contributed by atoms with E-state index in [1.165, 1.54) is 24.0 Å². The molecule has 3 heterocycles. The Morgan fingerprint density at radius 2 is 1.83 bits per heavy atom. The van der Waals surface area contributed by atoms with Gasteiger partial charge in [0.25, 0.3) is 5.91 Å². The molecule has 2 N–H and O–H groups in total. The first-order chi connectivity index (χ1) is 17.1. The molecule has 11 heteroatoms. The van der Waals surface area contributed by atoms with Gasteiger partial charge in [0.2, 0.25) is 0 Å². The molecule has 1 aromatic carbocycles. The van der Waals surface area contributed by atoms with Crippen LogP contribution in [0, 0.1) is 12.8 Å². The van der Waals surface area contributed by atoms with Crippen molar-refractivity contribution < 1.29 is 32.6 Å².